The zero-order valence-electron chi connectivity index (χ0n) is 9.28. The van der Waals surface area contributed by atoms with E-state index in [0.29, 0.717) is 18.5 Å². The molecule has 0 saturated carbocycles. The van der Waals surface area contributed by atoms with Gasteiger partial charge in [-0.05, 0) is 25.0 Å². The van der Waals surface area contributed by atoms with Crippen LogP contribution in [0, 0.1) is 11.3 Å². The van der Waals surface area contributed by atoms with E-state index in [1.165, 1.54) is 0 Å². The van der Waals surface area contributed by atoms with E-state index in [4.69, 9.17) is 5.26 Å². The number of carbonyl (C=O) groups is 1. The molecule has 1 aromatic rings. The standard InChI is InChI=1S/C13H16N2O/c14-10-6-1-2-7-11-15-13(16)12-8-4-3-5-9-12/h3-5,8-9H,1-2,6-7,11H2,(H,15,16). The summed E-state index contributed by atoms with van der Waals surface area (Å²) in [5.74, 6) is -0.0270. The number of unbranched alkanes of at least 4 members (excludes halogenated alkanes) is 3. The highest BCUT2D eigenvalue weighted by Crippen LogP contribution is 2.00. The van der Waals surface area contributed by atoms with E-state index >= 15 is 0 Å². The van der Waals surface area contributed by atoms with Gasteiger partial charge in [-0.1, -0.05) is 24.6 Å². The van der Waals surface area contributed by atoms with Gasteiger partial charge in [0.05, 0.1) is 6.07 Å². The van der Waals surface area contributed by atoms with Crippen molar-refractivity contribution in [2.24, 2.45) is 0 Å². The first kappa shape index (κ1) is 12.3. The Kier molecular flexibility index (Phi) is 5.72. The Morgan fingerprint density at radius 3 is 2.62 bits per heavy atom. The van der Waals surface area contributed by atoms with Gasteiger partial charge in [0, 0.05) is 18.5 Å². The fourth-order valence-electron chi connectivity index (χ4n) is 1.40. The van der Waals surface area contributed by atoms with Crippen molar-refractivity contribution in [1.82, 2.24) is 5.32 Å². The average Bonchev–Trinajstić information content (AvgIpc) is 2.34. The van der Waals surface area contributed by atoms with E-state index in [1.54, 1.807) is 12.1 Å². The minimum Gasteiger partial charge on any atom is -0.352 e. The number of nitriles is 1. The molecule has 16 heavy (non-hydrogen) atoms. The van der Waals surface area contributed by atoms with Gasteiger partial charge >= 0.3 is 0 Å². The summed E-state index contributed by atoms with van der Waals surface area (Å²) in [7, 11) is 0. The summed E-state index contributed by atoms with van der Waals surface area (Å²) in [4.78, 5) is 11.6. The number of benzene rings is 1. The van der Waals surface area contributed by atoms with Crippen LogP contribution in [0.5, 0.6) is 0 Å². The molecule has 0 aliphatic heterocycles. The van der Waals surface area contributed by atoms with Crippen molar-refractivity contribution in [2.45, 2.75) is 25.7 Å². The number of rotatable bonds is 6. The maximum atomic E-state index is 11.6. The van der Waals surface area contributed by atoms with Gasteiger partial charge in [-0.2, -0.15) is 5.26 Å². The first-order chi connectivity index (χ1) is 7.84. The zero-order chi connectivity index (χ0) is 11.6. The normalized spacial score (nSPS) is 9.44. The van der Waals surface area contributed by atoms with Gasteiger partial charge in [0.1, 0.15) is 0 Å². The molecule has 0 unspecified atom stereocenters. The van der Waals surface area contributed by atoms with Crippen LogP contribution in [-0.4, -0.2) is 12.5 Å². The lowest BCUT2D eigenvalue weighted by atomic mass is 10.2. The molecule has 3 nitrogen and oxygen atoms in total. The highest BCUT2D eigenvalue weighted by Gasteiger charge is 2.02. The van der Waals surface area contributed by atoms with Crippen LogP contribution in [0.2, 0.25) is 0 Å². The van der Waals surface area contributed by atoms with Crippen LogP contribution in [0.25, 0.3) is 0 Å². The summed E-state index contributed by atoms with van der Waals surface area (Å²) in [6.07, 6.45) is 3.44. The van der Waals surface area contributed by atoms with Crippen LogP contribution >= 0.6 is 0 Å². The van der Waals surface area contributed by atoms with Gasteiger partial charge in [0.25, 0.3) is 5.91 Å². The maximum absolute atomic E-state index is 11.6. The number of nitrogens with zero attached hydrogens (tertiary/aromatic N) is 1. The molecule has 0 aliphatic carbocycles. The van der Waals surface area contributed by atoms with Crippen molar-refractivity contribution in [3.63, 3.8) is 0 Å². The molecule has 1 rings (SSSR count). The van der Waals surface area contributed by atoms with Crippen LogP contribution in [0.3, 0.4) is 0 Å². The largest absolute Gasteiger partial charge is 0.352 e. The van der Waals surface area contributed by atoms with Gasteiger partial charge < -0.3 is 5.32 Å². The van der Waals surface area contributed by atoms with Crippen molar-refractivity contribution in [3.05, 3.63) is 35.9 Å². The summed E-state index contributed by atoms with van der Waals surface area (Å²) >= 11 is 0. The molecule has 0 fully saturated rings. The van der Waals surface area contributed by atoms with Crippen molar-refractivity contribution < 1.29 is 4.79 Å². The monoisotopic (exact) mass is 216 g/mol. The third-order valence-corrected chi connectivity index (χ3v) is 2.29. The van der Waals surface area contributed by atoms with Gasteiger partial charge in [-0.3, -0.25) is 4.79 Å². The number of carbonyl (C=O) groups excluding carboxylic acids is 1. The van der Waals surface area contributed by atoms with Gasteiger partial charge in [0.2, 0.25) is 0 Å². The van der Waals surface area contributed by atoms with Crippen molar-refractivity contribution in [2.75, 3.05) is 6.54 Å². The van der Waals surface area contributed by atoms with E-state index in [-0.39, 0.29) is 5.91 Å². The second-order valence-electron chi connectivity index (χ2n) is 3.59. The molecule has 0 saturated heterocycles. The minimum atomic E-state index is -0.0270. The highest BCUT2D eigenvalue weighted by atomic mass is 16.1. The predicted octanol–water partition coefficient (Wildman–Crippen LogP) is 2.50. The highest BCUT2D eigenvalue weighted by molar-refractivity contribution is 5.94. The van der Waals surface area contributed by atoms with Gasteiger partial charge in [0.15, 0.2) is 0 Å². The second kappa shape index (κ2) is 7.47. The predicted molar refractivity (Wildman–Crippen MR) is 62.9 cm³/mol. The Labute approximate surface area is 96.1 Å². The van der Waals surface area contributed by atoms with Gasteiger partial charge in [-0.15, -0.1) is 0 Å². The van der Waals surface area contributed by atoms with Crippen LogP contribution in [0.1, 0.15) is 36.0 Å². The second-order valence-corrected chi connectivity index (χ2v) is 3.59. The molecule has 0 spiro atoms. The fraction of sp³-hybridized carbons (Fsp3) is 0.385. The van der Waals surface area contributed by atoms with E-state index in [2.05, 4.69) is 11.4 Å². The van der Waals surface area contributed by atoms with E-state index in [0.717, 1.165) is 19.3 Å². The summed E-state index contributed by atoms with van der Waals surface area (Å²) in [6, 6.07) is 11.3. The molecule has 0 heterocycles. The molecule has 1 N–H and O–H groups in total. The minimum absolute atomic E-state index is 0.0270. The summed E-state index contributed by atoms with van der Waals surface area (Å²) < 4.78 is 0. The summed E-state index contributed by atoms with van der Waals surface area (Å²) in [5.41, 5.74) is 0.694. The lowest BCUT2D eigenvalue weighted by Gasteiger charge is -2.04. The number of amides is 1. The Morgan fingerprint density at radius 1 is 1.19 bits per heavy atom. The first-order valence-electron chi connectivity index (χ1n) is 5.55. The molecule has 3 heteroatoms. The lowest BCUT2D eigenvalue weighted by Crippen LogP contribution is -2.24. The van der Waals surface area contributed by atoms with Crippen molar-refractivity contribution in [1.29, 1.82) is 5.26 Å². The Morgan fingerprint density at radius 2 is 1.94 bits per heavy atom. The number of hydrogen-bond acceptors (Lipinski definition) is 2. The van der Waals surface area contributed by atoms with Crippen LogP contribution in [-0.2, 0) is 0 Å². The van der Waals surface area contributed by atoms with Crippen LogP contribution < -0.4 is 5.32 Å². The third kappa shape index (κ3) is 4.61. The van der Waals surface area contributed by atoms with Gasteiger partial charge in [-0.25, -0.2) is 0 Å². The molecule has 1 aromatic carbocycles. The van der Waals surface area contributed by atoms with Crippen molar-refractivity contribution in [3.8, 4) is 6.07 Å². The molecule has 0 atom stereocenters. The Bertz CT molecular complexity index is 354. The first-order valence-corrected chi connectivity index (χ1v) is 5.55. The molecular weight excluding hydrogens is 200 g/mol. The Hall–Kier alpha value is -1.82. The number of hydrogen-bond donors (Lipinski definition) is 1. The molecular formula is C13H16N2O. The quantitative estimate of drug-likeness (QED) is 0.743. The molecule has 0 radical (unpaired) electrons. The van der Waals surface area contributed by atoms with E-state index in [9.17, 15) is 4.79 Å². The summed E-state index contributed by atoms with van der Waals surface area (Å²) in [5, 5.41) is 11.2. The molecule has 0 bridgehead atoms. The Balaban J connectivity index is 2.15. The van der Waals surface area contributed by atoms with E-state index < -0.39 is 0 Å². The molecule has 1 amide bonds. The van der Waals surface area contributed by atoms with Crippen LogP contribution in [0.15, 0.2) is 30.3 Å². The summed E-state index contributed by atoms with van der Waals surface area (Å²) in [6.45, 7) is 0.680. The smallest absolute Gasteiger partial charge is 0.251 e. The van der Waals surface area contributed by atoms with Crippen LogP contribution in [0.4, 0.5) is 0 Å². The zero-order valence-corrected chi connectivity index (χ0v) is 9.28. The van der Waals surface area contributed by atoms with Crippen molar-refractivity contribution >= 4 is 5.91 Å². The third-order valence-electron chi connectivity index (χ3n) is 2.29. The lowest BCUT2D eigenvalue weighted by molar-refractivity contribution is 0.0953. The molecule has 84 valence electrons. The number of nitrogens with one attached hydrogen (secondary N) is 1. The fourth-order valence-corrected chi connectivity index (χ4v) is 1.40. The van der Waals surface area contributed by atoms with E-state index in [1.807, 2.05) is 18.2 Å². The topological polar surface area (TPSA) is 52.9 Å². The SMILES string of the molecule is N#CCCCCCNC(=O)c1ccccc1. The maximum Gasteiger partial charge on any atom is 0.251 e. The average molecular weight is 216 g/mol. The molecule has 0 aromatic heterocycles. The molecule has 0 aliphatic rings.